The van der Waals surface area contributed by atoms with Gasteiger partial charge in [0.2, 0.25) is 0 Å². The van der Waals surface area contributed by atoms with Crippen LogP contribution in [0.2, 0.25) is 0 Å². The second kappa shape index (κ2) is 5.20. The maximum absolute atomic E-state index is 12.3. The molecule has 0 spiro atoms. The van der Waals surface area contributed by atoms with Gasteiger partial charge < -0.3 is 10.2 Å². The number of rotatable bonds is 1. The molecule has 8 heteroatoms. The topological polar surface area (TPSA) is 28.2 Å². The van der Waals surface area contributed by atoms with Gasteiger partial charge in [0.25, 0.3) is 0 Å². The molecule has 1 aromatic rings. The summed E-state index contributed by atoms with van der Waals surface area (Å²) in [6.45, 7) is 3.01. The van der Waals surface area contributed by atoms with E-state index in [1.807, 2.05) is 4.90 Å². The molecule has 0 aromatic carbocycles. The third-order valence-electron chi connectivity index (χ3n) is 2.17. The van der Waals surface area contributed by atoms with Crippen LogP contribution in [0, 0.1) is 0 Å². The molecule has 2 heterocycles. The number of piperazine rings is 1. The highest BCUT2D eigenvalue weighted by atomic mass is 35.5. The lowest BCUT2D eigenvalue weighted by Gasteiger charge is -2.26. The van der Waals surface area contributed by atoms with Crippen LogP contribution in [-0.2, 0) is 6.18 Å². The Morgan fingerprint density at radius 3 is 2.44 bits per heavy atom. The minimum atomic E-state index is -4.33. The highest BCUT2D eigenvalue weighted by Gasteiger charge is 2.34. The summed E-state index contributed by atoms with van der Waals surface area (Å²) >= 11 is 1.05. The van der Waals surface area contributed by atoms with Crippen molar-refractivity contribution in [2.45, 2.75) is 6.18 Å². The summed E-state index contributed by atoms with van der Waals surface area (Å²) < 4.78 is 36.8. The summed E-state index contributed by atoms with van der Waals surface area (Å²) in [6.07, 6.45) is -4.33. The molecule has 0 saturated carbocycles. The summed E-state index contributed by atoms with van der Waals surface area (Å²) in [5, 5.41) is 4.66. The average Bonchev–Trinajstić information content (AvgIpc) is 2.67. The first-order valence-electron chi connectivity index (χ1n) is 4.56. The molecule has 0 bridgehead atoms. The van der Waals surface area contributed by atoms with Crippen LogP contribution in [0.15, 0.2) is 5.38 Å². The molecular weight excluding hydrogens is 263 g/mol. The molecule has 1 aliphatic rings. The summed E-state index contributed by atoms with van der Waals surface area (Å²) in [5.74, 6) is 0. The zero-order valence-electron chi connectivity index (χ0n) is 8.25. The average molecular weight is 274 g/mol. The van der Waals surface area contributed by atoms with Crippen molar-refractivity contribution in [1.82, 2.24) is 10.3 Å². The number of halogens is 4. The second-order valence-corrected chi connectivity index (χ2v) is 4.09. The Labute approximate surface area is 101 Å². The molecule has 92 valence electrons. The van der Waals surface area contributed by atoms with Gasteiger partial charge >= 0.3 is 6.18 Å². The van der Waals surface area contributed by atoms with Crippen molar-refractivity contribution in [2.24, 2.45) is 0 Å². The van der Waals surface area contributed by atoms with E-state index in [1.165, 1.54) is 0 Å². The number of thiazole rings is 1. The lowest BCUT2D eigenvalue weighted by Crippen LogP contribution is -2.43. The zero-order chi connectivity index (χ0) is 10.9. The van der Waals surface area contributed by atoms with Gasteiger partial charge in [0.05, 0.1) is 0 Å². The molecule has 0 aliphatic carbocycles. The second-order valence-electron chi connectivity index (χ2n) is 3.25. The Kier molecular flexibility index (Phi) is 4.40. The largest absolute Gasteiger partial charge is 0.434 e. The van der Waals surface area contributed by atoms with E-state index in [9.17, 15) is 13.2 Å². The van der Waals surface area contributed by atoms with E-state index in [1.54, 1.807) is 0 Å². The Hall–Kier alpha value is -0.530. The number of hydrogen-bond donors (Lipinski definition) is 1. The monoisotopic (exact) mass is 273 g/mol. The summed E-state index contributed by atoms with van der Waals surface area (Å²) in [5.41, 5.74) is -0.791. The molecule has 1 saturated heterocycles. The van der Waals surface area contributed by atoms with Gasteiger partial charge in [0.15, 0.2) is 10.8 Å². The summed E-state index contributed by atoms with van der Waals surface area (Å²) in [6, 6.07) is 0. The fraction of sp³-hybridized carbons (Fsp3) is 0.625. The highest BCUT2D eigenvalue weighted by Crippen LogP contribution is 2.32. The minimum Gasteiger partial charge on any atom is -0.346 e. The third kappa shape index (κ3) is 2.99. The van der Waals surface area contributed by atoms with Crippen molar-refractivity contribution in [2.75, 3.05) is 31.1 Å². The van der Waals surface area contributed by atoms with Crippen LogP contribution in [0.1, 0.15) is 5.69 Å². The molecule has 16 heavy (non-hydrogen) atoms. The van der Waals surface area contributed by atoms with Crippen LogP contribution in [0.25, 0.3) is 0 Å². The maximum Gasteiger partial charge on any atom is 0.434 e. The van der Waals surface area contributed by atoms with E-state index in [2.05, 4.69) is 10.3 Å². The molecule has 1 fully saturated rings. The maximum atomic E-state index is 12.3. The highest BCUT2D eigenvalue weighted by molar-refractivity contribution is 7.13. The predicted octanol–water partition coefficient (Wildman–Crippen LogP) is 1.99. The number of anilines is 1. The first-order valence-corrected chi connectivity index (χ1v) is 5.44. The standard InChI is InChI=1S/C8H10F3N3S.ClH/c9-8(10,11)6-5-15-7(13-6)14-3-1-12-2-4-14;/h5,12H,1-4H2;1H. The minimum absolute atomic E-state index is 0. The van der Waals surface area contributed by atoms with Crippen LogP contribution in [0.5, 0.6) is 0 Å². The van der Waals surface area contributed by atoms with Gasteiger partial charge in [-0.25, -0.2) is 4.98 Å². The Morgan fingerprint density at radius 1 is 1.31 bits per heavy atom. The van der Waals surface area contributed by atoms with E-state index in [-0.39, 0.29) is 12.4 Å². The van der Waals surface area contributed by atoms with Crippen LogP contribution < -0.4 is 10.2 Å². The SMILES string of the molecule is Cl.FC(F)(F)c1csc(N2CCNCC2)n1. The lowest BCUT2D eigenvalue weighted by atomic mass is 10.4. The fourth-order valence-electron chi connectivity index (χ4n) is 1.40. The Balaban J connectivity index is 0.00000128. The van der Waals surface area contributed by atoms with E-state index in [4.69, 9.17) is 0 Å². The Bertz CT molecular complexity index is 336. The van der Waals surface area contributed by atoms with E-state index < -0.39 is 11.9 Å². The summed E-state index contributed by atoms with van der Waals surface area (Å²) in [4.78, 5) is 5.47. The first kappa shape index (κ1) is 13.5. The first-order chi connectivity index (χ1) is 7.07. The predicted molar refractivity (Wildman–Crippen MR) is 59.4 cm³/mol. The molecule has 0 unspecified atom stereocenters. The Morgan fingerprint density at radius 2 is 1.94 bits per heavy atom. The van der Waals surface area contributed by atoms with Gasteiger partial charge in [-0.15, -0.1) is 23.7 Å². The van der Waals surface area contributed by atoms with Crippen molar-refractivity contribution in [3.8, 4) is 0 Å². The molecule has 0 atom stereocenters. The van der Waals surface area contributed by atoms with Crippen molar-refractivity contribution >= 4 is 28.9 Å². The van der Waals surface area contributed by atoms with Crippen molar-refractivity contribution < 1.29 is 13.2 Å². The molecule has 0 amide bonds. The van der Waals surface area contributed by atoms with Crippen LogP contribution in [0.3, 0.4) is 0 Å². The number of aromatic nitrogens is 1. The zero-order valence-corrected chi connectivity index (χ0v) is 9.88. The quantitative estimate of drug-likeness (QED) is 0.848. The van der Waals surface area contributed by atoms with Gasteiger partial charge in [0, 0.05) is 31.6 Å². The fourth-order valence-corrected chi connectivity index (χ4v) is 2.28. The van der Waals surface area contributed by atoms with Crippen molar-refractivity contribution in [1.29, 1.82) is 0 Å². The van der Waals surface area contributed by atoms with Crippen molar-refractivity contribution in [3.63, 3.8) is 0 Å². The van der Waals surface area contributed by atoms with Gasteiger partial charge in [-0.1, -0.05) is 0 Å². The van der Waals surface area contributed by atoms with E-state index >= 15 is 0 Å². The third-order valence-corrected chi connectivity index (χ3v) is 3.07. The van der Waals surface area contributed by atoms with Crippen LogP contribution in [0.4, 0.5) is 18.3 Å². The molecule has 1 aliphatic heterocycles. The van der Waals surface area contributed by atoms with Crippen LogP contribution >= 0.6 is 23.7 Å². The smallest absolute Gasteiger partial charge is 0.346 e. The summed E-state index contributed by atoms with van der Waals surface area (Å²) in [7, 11) is 0. The number of nitrogens with zero attached hydrogens (tertiary/aromatic N) is 2. The molecule has 1 aromatic heterocycles. The molecule has 2 rings (SSSR count). The van der Waals surface area contributed by atoms with E-state index in [0.29, 0.717) is 18.2 Å². The molecular formula is C8H11ClF3N3S. The lowest BCUT2D eigenvalue weighted by molar-refractivity contribution is -0.140. The number of hydrogen-bond acceptors (Lipinski definition) is 4. The van der Waals surface area contributed by atoms with Gasteiger partial charge in [-0.3, -0.25) is 0 Å². The van der Waals surface area contributed by atoms with Gasteiger partial charge in [-0.2, -0.15) is 13.2 Å². The number of alkyl halides is 3. The molecule has 0 radical (unpaired) electrons. The number of nitrogens with one attached hydrogen (secondary N) is 1. The molecule has 1 N–H and O–H groups in total. The van der Waals surface area contributed by atoms with Crippen LogP contribution in [-0.4, -0.2) is 31.2 Å². The van der Waals surface area contributed by atoms with E-state index in [0.717, 1.165) is 29.8 Å². The van der Waals surface area contributed by atoms with Gasteiger partial charge in [0.1, 0.15) is 0 Å². The van der Waals surface area contributed by atoms with Gasteiger partial charge in [-0.05, 0) is 0 Å². The van der Waals surface area contributed by atoms with Crippen molar-refractivity contribution in [3.05, 3.63) is 11.1 Å². The normalized spacial score (nSPS) is 17.1. The molecule has 3 nitrogen and oxygen atoms in total.